The van der Waals surface area contributed by atoms with Crippen LogP contribution in [0.2, 0.25) is 0 Å². The van der Waals surface area contributed by atoms with Gasteiger partial charge in [-0.05, 0) is 11.6 Å². The summed E-state index contributed by atoms with van der Waals surface area (Å²) in [6.07, 6.45) is 1.66. The number of rotatable bonds is 3. The van der Waals surface area contributed by atoms with Crippen molar-refractivity contribution in [2.24, 2.45) is 0 Å². The molecule has 0 saturated heterocycles. The van der Waals surface area contributed by atoms with Crippen LogP contribution in [0.4, 0.5) is 0 Å². The van der Waals surface area contributed by atoms with Gasteiger partial charge in [-0.2, -0.15) is 0 Å². The largest absolute Gasteiger partial charge is 0.465 e. The second-order valence-corrected chi connectivity index (χ2v) is 3.45. The maximum atomic E-state index is 10.6. The number of esters is 1. The Hall–Kier alpha value is -2.03. The average molecular weight is 216 g/mol. The van der Waals surface area contributed by atoms with Gasteiger partial charge in [0.1, 0.15) is 12.4 Å². The zero-order valence-electron chi connectivity index (χ0n) is 8.97. The highest BCUT2D eigenvalue weighted by atomic mass is 16.5. The van der Waals surface area contributed by atoms with Gasteiger partial charge in [-0.25, -0.2) is 0 Å². The molecule has 0 N–H and O–H groups in total. The second-order valence-electron chi connectivity index (χ2n) is 3.45. The van der Waals surface area contributed by atoms with Crippen LogP contribution in [0.1, 0.15) is 12.7 Å². The van der Waals surface area contributed by atoms with Crippen LogP contribution in [0.5, 0.6) is 0 Å². The van der Waals surface area contributed by atoms with Crippen molar-refractivity contribution < 1.29 is 13.9 Å². The van der Waals surface area contributed by atoms with Crippen LogP contribution in [0, 0.1) is 0 Å². The normalized spacial score (nSPS) is 10.1. The smallest absolute Gasteiger partial charge is 0.303 e. The fourth-order valence-corrected chi connectivity index (χ4v) is 1.41. The molecule has 0 spiro atoms. The van der Waals surface area contributed by atoms with Crippen LogP contribution in [0.15, 0.2) is 47.1 Å². The van der Waals surface area contributed by atoms with E-state index < -0.39 is 0 Å². The molecule has 0 saturated carbocycles. The number of carbonyl (C=O) groups is 1. The Morgan fingerprint density at radius 2 is 2.00 bits per heavy atom. The Morgan fingerprint density at radius 1 is 1.25 bits per heavy atom. The molecule has 0 aliphatic heterocycles. The molecule has 1 aromatic heterocycles. The van der Waals surface area contributed by atoms with E-state index in [9.17, 15) is 4.79 Å². The van der Waals surface area contributed by atoms with Crippen LogP contribution in [-0.2, 0) is 16.1 Å². The lowest BCUT2D eigenvalue weighted by atomic mass is 10.1. The molecule has 16 heavy (non-hydrogen) atoms. The maximum absolute atomic E-state index is 10.6. The van der Waals surface area contributed by atoms with Crippen LogP contribution < -0.4 is 0 Å². The highest BCUT2D eigenvalue weighted by molar-refractivity contribution is 5.66. The Labute approximate surface area is 93.7 Å². The van der Waals surface area contributed by atoms with Gasteiger partial charge >= 0.3 is 5.97 Å². The van der Waals surface area contributed by atoms with Crippen molar-refractivity contribution in [2.75, 3.05) is 0 Å². The number of ether oxygens (including phenoxy) is 1. The van der Waals surface area contributed by atoms with E-state index in [1.165, 1.54) is 6.92 Å². The predicted molar refractivity (Wildman–Crippen MR) is 59.6 cm³/mol. The van der Waals surface area contributed by atoms with E-state index in [1.54, 1.807) is 6.26 Å². The number of benzene rings is 1. The Bertz CT molecular complexity index is 471. The first kappa shape index (κ1) is 10.5. The molecule has 0 bridgehead atoms. The molecular formula is C13H12O3. The molecule has 2 rings (SSSR count). The minimum absolute atomic E-state index is 0.183. The van der Waals surface area contributed by atoms with E-state index >= 15 is 0 Å². The van der Waals surface area contributed by atoms with Crippen molar-refractivity contribution in [2.45, 2.75) is 13.5 Å². The first-order valence-corrected chi connectivity index (χ1v) is 5.02. The van der Waals surface area contributed by atoms with E-state index in [-0.39, 0.29) is 12.6 Å². The van der Waals surface area contributed by atoms with E-state index in [0.717, 1.165) is 11.1 Å². The Morgan fingerprint density at radius 3 is 2.69 bits per heavy atom. The van der Waals surface area contributed by atoms with Gasteiger partial charge in [-0.1, -0.05) is 30.3 Å². The van der Waals surface area contributed by atoms with Crippen LogP contribution in [-0.4, -0.2) is 5.97 Å². The summed E-state index contributed by atoms with van der Waals surface area (Å²) in [5.74, 6) is 0.340. The highest BCUT2D eigenvalue weighted by Gasteiger charge is 2.04. The predicted octanol–water partition coefficient (Wildman–Crippen LogP) is 3.01. The molecule has 0 aliphatic rings. The Balaban J connectivity index is 2.11. The minimum atomic E-state index is -0.308. The lowest BCUT2D eigenvalue weighted by molar-refractivity contribution is -0.142. The van der Waals surface area contributed by atoms with Gasteiger partial charge in [0.05, 0.1) is 6.26 Å². The molecule has 0 atom stereocenters. The summed E-state index contributed by atoms with van der Waals surface area (Å²) in [4.78, 5) is 10.6. The van der Waals surface area contributed by atoms with Crippen LogP contribution >= 0.6 is 0 Å². The van der Waals surface area contributed by atoms with Crippen molar-refractivity contribution in [1.29, 1.82) is 0 Å². The SMILES string of the molecule is CC(=O)OCc1cc(-c2ccccc2)co1. The lowest BCUT2D eigenvalue weighted by Crippen LogP contribution is -1.97. The van der Waals surface area contributed by atoms with E-state index in [2.05, 4.69) is 0 Å². The molecule has 0 amide bonds. The van der Waals surface area contributed by atoms with Gasteiger partial charge < -0.3 is 9.15 Å². The molecule has 0 aliphatic carbocycles. The summed E-state index contributed by atoms with van der Waals surface area (Å²) in [6, 6.07) is 11.8. The molecule has 2 aromatic rings. The van der Waals surface area contributed by atoms with Crippen molar-refractivity contribution >= 4 is 5.97 Å². The average Bonchev–Trinajstić information content (AvgIpc) is 2.76. The van der Waals surface area contributed by atoms with Crippen LogP contribution in [0.3, 0.4) is 0 Å². The van der Waals surface area contributed by atoms with E-state index in [1.807, 2.05) is 36.4 Å². The summed E-state index contributed by atoms with van der Waals surface area (Å²) >= 11 is 0. The molecule has 0 radical (unpaired) electrons. The molecule has 82 valence electrons. The molecule has 1 heterocycles. The standard InChI is InChI=1S/C13H12O3/c1-10(14)15-9-13-7-12(8-16-13)11-5-3-2-4-6-11/h2-8H,9H2,1H3. The molecular weight excluding hydrogens is 204 g/mol. The van der Waals surface area contributed by atoms with Gasteiger partial charge in [0, 0.05) is 12.5 Å². The highest BCUT2D eigenvalue weighted by Crippen LogP contribution is 2.21. The summed E-state index contributed by atoms with van der Waals surface area (Å²) in [5, 5.41) is 0. The third kappa shape index (κ3) is 2.51. The third-order valence-corrected chi connectivity index (χ3v) is 2.18. The van der Waals surface area contributed by atoms with Crippen molar-refractivity contribution in [1.82, 2.24) is 0 Å². The van der Waals surface area contributed by atoms with Gasteiger partial charge in [-0.3, -0.25) is 4.79 Å². The molecule has 3 nitrogen and oxygen atoms in total. The lowest BCUT2D eigenvalue weighted by Gasteiger charge is -1.96. The molecule has 0 unspecified atom stereocenters. The van der Waals surface area contributed by atoms with Crippen molar-refractivity contribution in [3.63, 3.8) is 0 Å². The van der Waals surface area contributed by atoms with E-state index in [4.69, 9.17) is 9.15 Å². The molecule has 1 aromatic carbocycles. The first-order chi connectivity index (χ1) is 7.75. The number of carbonyl (C=O) groups excluding carboxylic acids is 1. The van der Waals surface area contributed by atoms with Crippen molar-refractivity contribution in [3.8, 4) is 11.1 Å². The number of furan rings is 1. The minimum Gasteiger partial charge on any atom is -0.465 e. The summed E-state index contributed by atoms with van der Waals surface area (Å²) in [7, 11) is 0. The first-order valence-electron chi connectivity index (χ1n) is 5.02. The zero-order valence-corrected chi connectivity index (χ0v) is 8.97. The van der Waals surface area contributed by atoms with Crippen molar-refractivity contribution in [3.05, 3.63) is 48.4 Å². The summed E-state index contributed by atoms with van der Waals surface area (Å²) in [6.45, 7) is 1.56. The molecule has 3 heteroatoms. The monoisotopic (exact) mass is 216 g/mol. The van der Waals surface area contributed by atoms with E-state index in [0.29, 0.717) is 5.76 Å². The topological polar surface area (TPSA) is 39.4 Å². The van der Waals surface area contributed by atoms with Gasteiger partial charge in [0.2, 0.25) is 0 Å². The van der Waals surface area contributed by atoms with Crippen LogP contribution in [0.25, 0.3) is 11.1 Å². The fraction of sp³-hybridized carbons (Fsp3) is 0.154. The number of hydrogen-bond donors (Lipinski definition) is 0. The summed E-state index contributed by atoms with van der Waals surface area (Å²) in [5.41, 5.74) is 2.07. The zero-order chi connectivity index (χ0) is 11.4. The second kappa shape index (κ2) is 4.66. The van der Waals surface area contributed by atoms with Gasteiger partial charge in [-0.15, -0.1) is 0 Å². The third-order valence-electron chi connectivity index (χ3n) is 2.18. The Kier molecular flexibility index (Phi) is 3.05. The summed E-state index contributed by atoms with van der Waals surface area (Å²) < 4.78 is 10.1. The number of hydrogen-bond acceptors (Lipinski definition) is 3. The quantitative estimate of drug-likeness (QED) is 0.740. The maximum Gasteiger partial charge on any atom is 0.303 e. The van der Waals surface area contributed by atoms with Gasteiger partial charge in [0.25, 0.3) is 0 Å². The fourth-order valence-electron chi connectivity index (χ4n) is 1.41. The molecule has 0 fully saturated rings. The van der Waals surface area contributed by atoms with Gasteiger partial charge in [0.15, 0.2) is 0 Å².